The van der Waals surface area contributed by atoms with Crippen molar-refractivity contribution < 1.29 is 14.7 Å². The first-order valence-corrected chi connectivity index (χ1v) is 6.94. The van der Waals surface area contributed by atoms with Gasteiger partial charge in [0.1, 0.15) is 0 Å². The molecule has 106 valence electrons. The molecule has 0 saturated carbocycles. The lowest BCUT2D eigenvalue weighted by molar-refractivity contribution is -0.147. The highest BCUT2D eigenvalue weighted by Crippen LogP contribution is 2.26. The van der Waals surface area contributed by atoms with Crippen LogP contribution >= 0.6 is 0 Å². The highest BCUT2D eigenvalue weighted by atomic mass is 16.4. The van der Waals surface area contributed by atoms with E-state index in [1.807, 2.05) is 12.2 Å². The Balaban J connectivity index is 1.91. The van der Waals surface area contributed by atoms with Crippen LogP contribution in [0, 0.1) is 11.8 Å². The minimum absolute atomic E-state index is 0.0914. The zero-order chi connectivity index (χ0) is 13.8. The van der Waals surface area contributed by atoms with Gasteiger partial charge in [-0.2, -0.15) is 0 Å². The van der Waals surface area contributed by atoms with Crippen LogP contribution in [-0.4, -0.2) is 48.1 Å². The monoisotopic (exact) mass is 266 g/mol. The molecule has 0 bridgehead atoms. The van der Waals surface area contributed by atoms with E-state index in [1.54, 1.807) is 0 Å². The molecule has 19 heavy (non-hydrogen) atoms. The molecule has 0 radical (unpaired) electrons. The number of carboxylic acid groups (broad SMARTS) is 1. The highest BCUT2D eigenvalue weighted by molar-refractivity contribution is 5.85. The molecule has 1 fully saturated rings. The average Bonchev–Trinajstić information content (AvgIpc) is 2.41. The molecule has 1 heterocycles. The van der Waals surface area contributed by atoms with Crippen LogP contribution in [0.1, 0.15) is 25.7 Å². The Morgan fingerprint density at radius 3 is 2.32 bits per heavy atom. The topological polar surface area (TPSA) is 69.6 Å². The lowest BCUT2D eigenvalue weighted by Crippen LogP contribution is -2.47. The smallest absolute Gasteiger partial charge is 0.307 e. The average molecular weight is 266 g/mol. The normalized spacial score (nSPS) is 29.1. The van der Waals surface area contributed by atoms with Crippen molar-refractivity contribution in [3.8, 4) is 0 Å². The highest BCUT2D eigenvalue weighted by Gasteiger charge is 2.34. The molecule has 1 saturated heterocycles. The number of piperidine rings is 1. The fraction of sp³-hybridized carbons (Fsp3) is 0.714. The Hall–Kier alpha value is -1.36. The minimum atomic E-state index is -0.868. The van der Waals surface area contributed by atoms with E-state index in [0.717, 1.165) is 25.9 Å². The molecule has 5 heteroatoms. The summed E-state index contributed by atoms with van der Waals surface area (Å²) in [4.78, 5) is 25.7. The van der Waals surface area contributed by atoms with Crippen LogP contribution in [0.4, 0.5) is 0 Å². The zero-order valence-corrected chi connectivity index (χ0v) is 11.3. The molecule has 2 aliphatic rings. The van der Waals surface area contributed by atoms with Crippen molar-refractivity contribution in [3.63, 3.8) is 0 Å². The predicted octanol–water partition coefficient (Wildman–Crippen LogP) is 0.864. The molecule has 1 aliphatic heterocycles. The summed E-state index contributed by atoms with van der Waals surface area (Å²) in [5.41, 5.74) is 0. The fourth-order valence-corrected chi connectivity index (χ4v) is 2.84. The largest absolute Gasteiger partial charge is 0.481 e. The maximum Gasteiger partial charge on any atom is 0.307 e. The second kappa shape index (κ2) is 6.19. The molecule has 2 rings (SSSR count). The van der Waals surface area contributed by atoms with Gasteiger partial charge in [0.05, 0.1) is 11.8 Å². The second-order valence-electron chi connectivity index (χ2n) is 5.58. The standard InChI is InChI=1S/C14H22N2O3/c1-16-8-6-10(7-9-16)15-13(17)11-4-2-3-5-12(11)14(18)19/h2-3,10-12H,4-9H2,1H3,(H,15,17)(H,18,19)/t11-,12+/m1/s1. The molecule has 1 amide bonds. The van der Waals surface area contributed by atoms with Crippen molar-refractivity contribution in [1.29, 1.82) is 0 Å². The van der Waals surface area contributed by atoms with Crippen LogP contribution in [-0.2, 0) is 9.59 Å². The molecular formula is C14H22N2O3. The number of carboxylic acids is 1. The van der Waals surface area contributed by atoms with Gasteiger partial charge in [0, 0.05) is 6.04 Å². The van der Waals surface area contributed by atoms with E-state index < -0.39 is 17.8 Å². The van der Waals surface area contributed by atoms with Gasteiger partial charge >= 0.3 is 5.97 Å². The van der Waals surface area contributed by atoms with E-state index in [1.165, 1.54) is 0 Å². The summed E-state index contributed by atoms with van der Waals surface area (Å²) < 4.78 is 0. The number of aliphatic carboxylic acids is 1. The number of carbonyl (C=O) groups excluding carboxylic acids is 1. The van der Waals surface area contributed by atoms with Crippen molar-refractivity contribution >= 4 is 11.9 Å². The lowest BCUT2D eigenvalue weighted by atomic mass is 9.82. The van der Waals surface area contributed by atoms with E-state index >= 15 is 0 Å². The van der Waals surface area contributed by atoms with Crippen molar-refractivity contribution in [2.24, 2.45) is 11.8 Å². The number of carbonyl (C=O) groups is 2. The number of hydrogen-bond acceptors (Lipinski definition) is 3. The molecule has 0 aromatic rings. The van der Waals surface area contributed by atoms with Gasteiger partial charge in [-0.05, 0) is 45.8 Å². The van der Waals surface area contributed by atoms with Crippen LogP contribution in [0.3, 0.4) is 0 Å². The molecule has 0 unspecified atom stereocenters. The minimum Gasteiger partial charge on any atom is -0.481 e. The number of nitrogens with one attached hydrogen (secondary N) is 1. The number of amides is 1. The number of likely N-dealkylation sites (tertiary alicyclic amines) is 1. The maximum absolute atomic E-state index is 12.2. The molecule has 1 aliphatic carbocycles. The quantitative estimate of drug-likeness (QED) is 0.744. The Bertz CT molecular complexity index is 373. The first kappa shape index (κ1) is 14.1. The predicted molar refractivity (Wildman–Crippen MR) is 71.7 cm³/mol. The van der Waals surface area contributed by atoms with Gasteiger partial charge in [0.25, 0.3) is 0 Å². The molecule has 5 nitrogen and oxygen atoms in total. The molecule has 2 N–H and O–H groups in total. The number of hydrogen-bond donors (Lipinski definition) is 2. The molecule has 0 spiro atoms. The first-order chi connectivity index (χ1) is 9.08. The number of nitrogens with zero attached hydrogens (tertiary/aromatic N) is 1. The van der Waals surface area contributed by atoms with Crippen LogP contribution in [0.5, 0.6) is 0 Å². The van der Waals surface area contributed by atoms with Crippen LogP contribution in [0.2, 0.25) is 0 Å². The van der Waals surface area contributed by atoms with E-state index in [0.29, 0.717) is 12.8 Å². The van der Waals surface area contributed by atoms with E-state index in [9.17, 15) is 14.7 Å². The summed E-state index contributed by atoms with van der Waals surface area (Å²) >= 11 is 0. The Kier molecular flexibility index (Phi) is 4.58. The Morgan fingerprint density at radius 1 is 1.16 bits per heavy atom. The van der Waals surface area contributed by atoms with Gasteiger partial charge < -0.3 is 15.3 Å². The zero-order valence-electron chi connectivity index (χ0n) is 11.3. The number of allylic oxidation sites excluding steroid dienone is 2. The van der Waals surface area contributed by atoms with Gasteiger partial charge in [0.2, 0.25) is 5.91 Å². The molecule has 0 aromatic heterocycles. The molecule has 2 atom stereocenters. The van der Waals surface area contributed by atoms with Crippen LogP contribution in [0.25, 0.3) is 0 Å². The van der Waals surface area contributed by atoms with Crippen molar-refractivity contribution in [2.45, 2.75) is 31.7 Å². The summed E-state index contributed by atoms with van der Waals surface area (Å²) in [7, 11) is 2.07. The van der Waals surface area contributed by atoms with Crippen molar-refractivity contribution in [3.05, 3.63) is 12.2 Å². The SMILES string of the molecule is CN1CCC(NC(=O)[C@@H]2CC=CC[C@@H]2C(=O)O)CC1. The van der Waals surface area contributed by atoms with Gasteiger partial charge in [-0.1, -0.05) is 12.2 Å². The number of rotatable bonds is 3. The second-order valence-corrected chi connectivity index (χ2v) is 5.58. The molecule has 0 aromatic carbocycles. The van der Waals surface area contributed by atoms with E-state index in [2.05, 4.69) is 17.3 Å². The van der Waals surface area contributed by atoms with Gasteiger partial charge in [-0.15, -0.1) is 0 Å². The van der Waals surface area contributed by atoms with Crippen molar-refractivity contribution in [1.82, 2.24) is 10.2 Å². The van der Waals surface area contributed by atoms with E-state index in [-0.39, 0.29) is 11.9 Å². The van der Waals surface area contributed by atoms with Crippen LogP contribution in [0.15, 0.2) is 12.2 Å². The lowest BCUT2D eigenvalue weighted by Gasteiger charge is -2.32. The summed E-state index contributed by atoms with van der Waals surface area (Å²) in [6, 6.07) is 0.198. The third kappa shape index (κ3) is 3.56. The first-order valence-electron chi connectivity index (χ1n) is 6.94. The summed E-state index contributed by atoms with van der Waals surface area (Å²) in [5.74, 6) is -1.95. The Morgan fingerprint density at radius 2 is 1.74 bits per heavy atom. The Labute approximate surface area is 113 Å². The summed E-state index contributed by atoms with van der Waals surface area (Å²) in [6.45, 7) is 1.97. The van der Waals surface area contributed by atoms with E-state index in [4.69, 9.17) is 0 Å². The van der Waals surface area contributed by atoms with Gasteiger partial charge in [0.15, 0.2) is 0 Å². The third-order valence-electron chi connectivity index (χ3n) is 4.15. The van der Waals surface area contributed by atoms with Gasteiger partial charge in [-0.3, -0.25) is 9.59 Å². The summed E-state index contributed by atoms with van der Waals surface area (Å²) in [6.07, 6.45) is 6.66. The summed E-state index contributed by atoms with van der Waals surface area (Å²) in [5, 5.41) is 12.2. The van der Waals surface area contributed by atoms with Crippen molar-refractivity contribution in [2.75, 3.05) is 20.1 Å². The van der Waals surface area contributed by atoms with Crippen LogP contribution < -0.4 is 5.32 Å². The maximum atomic E-state index is 12.2. The van der Waals surface area contributed by atoms with Gasteiger partial charge in [-0.25, -0.2) is 0 Å². The fourth-order valence-electron chi connectivity index (χ4n) is 2.84. The molecular weight excluding hydrogens is 244 g/mol. The third-order valence-corrected chi connectivity index (χ3v) is 4.15.